The Kier molecular flexibility index (Phi) is 3.94. The third-order valence-electron chi connectivity index (χ3n) is 3.02. The average molecular weight is 250 g/mol. The summed E-state index contributed by atoms with van der Waals surface area (Å²) in [7, 11) is 0. The Labute approximate surface area is 107 Å². The maximum absolute atomic E-state index is 4.70. The molecule has 3 rings (SSSR count). The first kappa shape index (κ1) is 12.3. The van der Waals surface area contributed by atoms with Gasteiger partial charge in [-0.2, -0.15) is 0 Å². The van der Waals surface area contributed by atoms with Gasteiger partial charge < -0.3 is 10.6 Å². The molecule has 0 bridgehead atoms. The number of halogens is 1. The zero-order valence-electron chi connectivity index (χ0n) is 9.52. The molecule has 1 aromatic heterocycles. The maximum atomic E-state index is 4.70. The number of pyridine rings is 1. The highest BCUT2D eigenvalue weighted by Gasteiger charge is 2.15. The van der Waals surface area contributed by atoms with Crippen molar-refractivity contribution < 1.29 is 0 Å². The van der Waals surface area contributed by atoms with Gasteiger partial charge in [0.2, 0.25) is 0 Å². The molecule has 1 atom stereocenters. The van der Waals surface area contributed by atoms with Crippen molar-refractivity contribution in [1.29, 1.82) is 0 Å². The molecule has 0 amide bonds. The van der Waals surface area contributed by atoms with Gasteiger partial charge in [0, 0.05) is 25.0 Å². The Morgan fingerprint density at radius 2 is 1.94 bits per heavy atom. The molecule has 1 aliphatic rings. The minimum absolute atomic E-state index is 0. The molecule has 3 nitrogen and oxygen atoms in total. The second-order valence-electron chi connectivity index (χ2n) is 4.14. The van der Waals surface area contributed by atoms with Gasteiger partial charge in [-0.05, 0) is 12.1 Å². The highest BCUT2D eigenvalue weighted by Crippen LogP contribution is 2.16. The zero-order valence-corrected chi connectivity index (χ0v) is 10.3. The van der Waals surface area contributed by atoms with E-state index in [0.717, 1.165) is 30.8 Å². The number of hydrogen-bond acceptors (Lipinski definition) is 3. The molecule has 1 fully saturated rings. The van der Waals surface area contributed by atoms with Gasteiger partial charge in [-0.15, -0.1) is 12.4 Å². The standard InChI is InChI=1S/C13H15N3.ClH/c1-2-4-11-10(3-1)5-6-12(16-11)13-9-14-7-8-15-13;/h1-6,13-15H,7-9H2;1H/t13-;/m0./s1. The van der Waals surface area contributed by atoms with Gasteiger partial charge in [-0.25, -0.2) is 0 Å². The minimum atomic E-state index is 0. The first-order valence-electron chi connectivity index (χ1n) is 5.73. The zero-order chi connectivity index (χ0) is 10.8. The van der Waals surface area contributed by atoms with Crippen molar-refractivity contribution in [2.75, 3.05) is 19.6 Å². The molecule has 17 heavy (non-hydrogen) atoms. The van der Waals surface area contributed by atoms with Crippen LogP contribution in [0, 0.1) is 0 Å². The Balaban J connectivity index is 0.00000108. The summed E-state index contributed by atoms with van der Waals surface area (Å²) in [5.41, 5.74) is 2.21. The number of piperazine rings is 1. The summed E-state index contributed by atoms with van der Waals surface area (Å²) in [5, 5.41) is 8.06. The van der Waals surface area contributed by atoms with Crippen molar-refractivity contribution in [3.8, 4) is 0 Å². The van der Waals surface area contributed by atoms with Gasteiger partial charge in [0.05, 0.1) is 17.3 Å². The van der Waals surface area contributed by atoms with Crippen molar-refractivity contribution in [2.24, 2.45) is 0 Å². The number of nitrogens with zero attached hydrogens (tertiary/aromatic N) is 1. The smallest absolute Gasteiger partial charge is 0.0706 e. The summed E-state index contributed by atoms with van der Waals surface area (Å²) in [4.78, 5) is 4.70. The lowest BCUT2D eigenvalue weighted by molar-refractivity contribution is 0.424. The second kappa shape index (κ2) is 5.45. The van der Waals surface area contributed by atoms with Crippen LogP contribution in [0.4, 0.5) is 0 Å². The third-order valence-corrected chi connectivity index (χ3v) is 3.02. The fraction of sp³-hybridized carbons (Fsp3) is 0.308. The van der Waals surface area contributed by atoms with E-state index in [0.29, 0.717) is 6.04 Å². The van der Waals surface area contributed by atoms with Crippen molar-refractivity contribution in [3.63, 3.8) is 0 Å². The van der Waals surface area contributed by atoms with E-state index in [1.54, 1.807) is 0 Å². The minimum Gasteiger partial charge on any atom is -0.314 e. The van der Waals surface area contributed by atoms with Crippen LogP contribution in [0.2, 0.25) is 0 Å². The Hall–Kier alpha value is -1.16. The summed E-state index contributed by atoms with van der Waals surface area (Å²) in [6.45, 7) is 3.02. The number of fused-ring (bicyclic) bond motifs is 1. The molecule has 0 aliphatic carbocycles. The molecule has 1 aromatic carbocycles. The summed E-state index contributed by atoms with van der Waals surface area (Å²) < 4.78 is 0. The molecule has 2 heterocycles. The van der Waals surface area contributed by atoms with E-state index < -0.39 is 0 Å². The summed E-state index contributed by atoms with van der Waals surface area (Å²) >= 11 is 0. The van der Waals surface area contributed by atoms with Crippen LogP contribution in [-0.2, 0) is 0 Å². The molecule has 1 aliphatic heterocycles. The fourth-order valence-corrected chi connectivity index (χ4v) is 2.14. The largest absolute Gasteiger partial charge is 0.314 e. The van der Waals surface area contributed by atoms with E-state index in [2.05, 4.69) is 34.9 Å². The number of hydrogen-bond donors (Lipinski definition) is 2. The van der Waals surface area contributed by atoms with Gasteiger partial charge in [0.25, 0.3) is 0 Å². The van der Waals surface area contributed by atoms with Crippen LogP contribution < -0.4 is 10.6 Å². The van der Waals surface area contributed by atoms with Gasteiger partial charge >= 0.3 is 0 Å². The maximum Gasteiger partial charge on any atom is 0.0706 e. The number of aromatic nitrogens is 1. The Morgan fingerprint density at radius 1 is 1.06 bits per heavy atom. The number of para-hydroxylation sites is 1. The highest BCUT2D eigenvalue weighted by atomic mass is 35.5. The van der Waals surface area contributed by atoms with E-state index in [-0.39, 0.29) is 12.4 Å². The van der Waals surface area contributed by atoms with Crippen molar-refractivity contribution in [1.82, 2.24) is 15.6 Å². The quantitative estimate of drug-likeness (QED) is 0.811. The lowest BCUT2D eigenvalue weighted by atomic mass is 10.1. The van der Waals surface area contributed by atoms with E-state index >= 15 is 0 Å². The molecule has 4 heteroatoms. The van der Waals surface area contributed by atoms with Gasteiger partial charge in [-0.3, -0.25) is 4.98 Å². The van der Waals surface area contributed by atoms with Crippen LogP contribution in [-0.4, -0.2) is 24.6 Å². The third kappa shape index (κ3) is 2.57. The molecule has 0 radical (unpaired) electrons. The van der Waals surface area contributed by atoms with Crippen molar-refractivity contribution in [2.45, 2.75) is 6.04 Å². The van der Waals surface area contributed by atoms with Crippen LogP contribution in [0.5, 0.6) is 0 Å². The molecular weight excluding hydrogens is 234 g/mol. The molecule has 1 saturated heterocycles. The van der Waals surface area contributed by atoms with E-state index in [1.807, 2.05) is 12.1 Å². The summed E-state index contributed by atoms with van der Waals surface area (Å²) in [6.07, 6.45) is 0. The van der Waals surface area contributed by atoms with E-state index in [9.17, 15) is 0 Å². The average Bonchev–Trinajstić information content (AvgIpc) is 2.39. The van der Waals surface area contributed by atoms with E-state index in [1.165, 1.54) is 5.39 Å². The van der Waals surface area contributed by atoms with Crippen LogP contribution in [0.15, 0.2) is 36.4 Å². The Morgan fingerprint density at radius 3 is 2.76 bits per heavy atom. The predicted molar refractivity (Wildman–Crippen MR) is 72.6 cm³/mol. The molecule has 2 aromatic rings. The monoisotopic (exact) mass is 249 g/mol. The highest BCUT2D eigenvalue weighted by molar-refractivity contribution is 5.85. The number of nitrogens with one attached hydrogen (secondary N) is 2. The van der Waals surface area contributed by atoms with Gasteiger partial charge in [0.1, 0.15) is 0 Å². The van der Waals surface area contributed by atoms with Crippen LogP contribution in [0.1, 0.15) is 11.7 Å². The van der Waals surface area contributed by atoms with Crippen molar-refractivity contribution >= 4 is 23.3 Å². The first-order chi connectivity index (χ1) is 7.93. The lowest BCUT2D eigenvalue weighted by Crippen LogP contribution is -2.42. The topological polar surface area (TPSA) is 37.0 Å². The van der Waals surface area contributed by atoms with Crippen molar-refractivity contribution in [3.05, 3.63) is 42.1 Å². The van der Waals surface area contributed by atoms with Crippen LogP contribution in [0.25, 0.3) is 10.9 Å². The predicted octanol–water partition coefficient (Wildman–Crippen LogP) is 1.89. The molecule has 90 valence electrons. The summed E-state index contributed by atoms with van der Waals surface area (Å²) in [6, 6.07) is 12.9. The second-order valence-corrected chi connectivity index (χ2v) is 4.14. The van der Waals surface area contributed by atoms with E-state index in [4.69, 9.17) is 4.98 Å². The van der Waals surface area contributed by atoms with Gasteiger partial charge in [0.15, 0.2) is 0 Å². The number of rotatable bonds is 1. The SMILES string of the molecule is Cl.c1ccc2nc([C@@H]3CNCCN3)ccc2c1. The molecule has 2 N–H and O–H groups in total. The van der Waals surface area contributed by atoms with Gasteiger partial charge in [-0.1, -0.05) is 24.3 Å². The molecular formula is C13H16ClN3. The molecule has 0 unspecified atom stereocenters. The molecule has 0 spiro atoms. The lowest BCUT2D eigenvalue weighted by Gasteiger charge is -2.24. The summed E-state index contributed by atoms with van der Waals surface area (Å²) in [5.74, 6) is 0. The number of benzene rings is 1. The van der Waals surface area contributed by atoms with Crippen LogP contribution in [0.3, 0.4) is 0 Å². The fourth-order valence-electron chi connectivity index (χ4n) is 2.14. The molecule has 0 saturated carbocycles. The first-order valence-corrected chi connectivity index (χ1v) is 5.73. The van der Waals surface area contributed by atoms with Crippen LogP contribution >= 0.6 is 12.4 Å². The normalized spacial score (nSPS) is 19.9. The Bertz CT molecular complexity index is 495.